The van der Waals surface area contributed by atoms with E-state index in [1.807, 2.05) is 72.8 Å². The average molecular weight is 372 g/mol. The minimum Gasteiger partial charge on any atom is -0.370 e. The number of benzene rings is 3. The number of hydrogen-bond acceptors (Lipinski definition) is 2. The van der Waals surface area contributed by atoms with Crippen molar-refractivity contribution in [3.8, 4) is 11.1 Å². The molecule has 28 heavy (non-hydrogen) atoms. The Morgan fingerprint density at radius 3 is 1.89 bits per heavy atom. The van der Waals surface area contributed by atoms with Crippen molar-refractivity contribution in [2.24, 2.45) is 5.73 Å². The molecule has 3 aromatic rings. The number of carbonyl (C=O) groups is 2. The zero-order valence-electron chi connectivity index (χ0n) is 15.8. The summed E-state index contributed by atoms with van der Waals surface area (Å²) in [4.78, 5) is 25.8. The summed E-state index contributed by atoms with van der Waals surface area (Å²) in [6.07, 6.45) is 0.451. The van der Waals surface area contributed by atoms with Crippen molar-refractivity contribution < 1.29 is 9.59 Å². The Labute approximate surface area is 165 Å². The molecule has 0 saturated heterocycles. The second-order valence-corrected chi connectivity index (χ2v) is 6.76. The van der Waals surface area contributed by atoms with Gasteiger partial charge in [-0.2, -0.15) is 0 Å². The topological polar surface area (TPSA) is 63.4 Å². The number of hydrogen-bond donors (Lipinski definition) is 1. The fraction of sp³-hybridized carbons (Fsp3) is 0.167. The van der Waals surface area contributed by atoms with Gasteiger partial charge in [0.2, 0.25) is 11.8 Å². The predicted octanol–water partition coefficient (Wildman–Crippen LogP) is 3.80. The Balaban J connectivity index is 1.69. The van der Waals surface area contributed by atoms with Gasteiger partial charge in [-0.15, -0.1) is 0 Å². The van der Waals surface area contributed by atoms with E-state index < -0.39 is 5.91 Å². The zero-order valence-corrected chi connectivity index (χ0v) is 15.8. The summed E-state index contributed by atoms with van der Waals surface area (Å²) in [5.41, 5.74) is 9.52. The second kappa shape index (κ2) is 9.51. The molecule has 4 nitrogen and oxygen atoms in total. The first kappa shape index (κ1) is 19.4. The van der Waals surface area contributed by atoms with Crippen LogP contribution in [0.25, 0.3) is 11.1 Å². The van der Waals surface area contributed by atoms with Gasteiger partial charge in [0.1, 0.15) is 0 Å². The minimum atomic E-state index is -0.405. The van der Waals surface area contributed by atoms with Crippen LogP contribution in [0.15, 0.2) is 84.9 Å². The van der Waals surface area contributed by atoms with Crippen molar-refractivity contribution in [1.29, 1.82) is 0 Å². The lowest BCUT2D eigenvalue weighted by atomic mass is 10.0. The van der Waals surface area contributed by atoms with Crippen molar-refractivity contribution in [2.45, 2.75) is 19.4 Å². The van der Waals surface area contributed by atoms with Crippen LogP contribution in [-0.2, 0) is 22.6 Å². The van der Waals surface area contributed by atoms with Gasteiger partial charge >= 0.3 is 0 Å². The highest BCUT2D eigenvalue weighted by atomic mass is 16.2. The molecule has 0 aliphatic carbocycles. The van der Waals surface area contributed by atoms with Gasteiger partial charge in [0, 0.05) is 19.5 Å². The van der Waals surface area contributed by atoms with Crippen LogP contribution < -0.4 is 5.73 Å². The Hall–Kier alpha value is -3.40. The summed E-state index contributed by atoms with van der Waals surface area (Å²) in [5, 5.41) is 0. The van der Waals surface area contributed by atoms with Gasteiger partial charge < -0.3 is 10.6 Å². The normalized spacial score (nSPS) is 10.4. The molecular weight excluding hydrogens is 348 g/mol. The summed E-state index contributed by atoms with van der Waals surface area (Å²) < 4.78 is 0. The Kier molecular flexibility index (Phi) is 6.58. The van der Waals surface area contributed by atoms with Crippen LogP contribution in [0.2, 0.25) is 0 Å². The largest absolute Gasteiger partial charge is 0.370 e. The molecule has 0 unspecified atom stereocenters. The number of rotatable bonds is 8. The van der Waals surface area contributed by atoms with Gasteiger partial charge in [0.15, 0.2) is 0 Å². The molecule has 2 N–H and O–H groups in total. The van der Waals surface area contributed by atoms with Crippen LogP contribution in [0.3, 0.4) is 0 Å². The standard InChI is InChI=1S/C24H24N2O2/c25-23(27)15-16-26(18-20-7-3-1-4-8-20)24(28)17-19-11-13-22(14-12-19)21-9-5-2-6-10-21/h1-14H,15-18H2,(H2,25,27). The van der Waals surface area contributed by atoms with Crippen LogP contribution in [0.1, 0.15) is 17.5 Å². The minimum absolute atomic E-state index is 0.0161. The highest BCUT2D eigenvalue weighted by Crippen LogP contribution is 2.20. The highest BCUT2D eigenvalue weighted by Gasteiger charge is 2.15. The SMILES string of the molecule is NC(=O)CCN(Cc1ccccc1)C(=O)Cc1ccc(-c2ccccc2)cc1. The Morgan fingerprint density at radius 2 is 1.29 bits per heavy atom. The van der Waals surface area contributed by atoms with E-state index in [1.54, 1.807) is 4.90 Å². The number of primary amides is 1. The average Bonchev–Trinajstić information content (AvgIpc) is 2.73. The third kappa shape index (κ3) is 5.55. The maximum Gasteiger partial charge on any atom is 0.227 e. The monoisotopic (exact) mass is 372 g/mol. The summed E-state index contributed by atoms with van der Waals surface area (Å²) in [5.74, 6) is -0.421. The van der Waals surface area contributed by atoms with Crippen LogP contribution >= 0.6 is 0 Å². The number of amides is 2. The lowest BCUT2D eigenvalue weighted by molar-refractivity contribution is -0.131. The highest BCUT2D eigenvalue weighted by molar-refractivity contribution is 5.80. The van der Waals surface area contributed by atoms with Gasteiger partial charge in [0.25, 0.3) is 0 Å². The van der Waals surface area contributed by atoms with E-state index >= 15 is 0 Å². The van der Waals surface area contributed by atoms with Crippen molar-refractivity contribution in [1.82, 2.24) is 4.90 Å². The molecule has 3 aromatic carbocycles. The van der Waals surface area contributed by atoms with Gasteiger partial charge in [-0.1, -0.05) is 84.9 Å². The third-order valence-corrected chi connectivity index (χ3v) is 4.61. The molecule has 4 heteroatoms. The van der Waals surface area contributed by atoms with Crippen molar-refractivity contribution in [3.63, 3.8) is 0 Å². The molecule has 0 aliphatic rings. The van der Waals surface area contributed by atoms with E-state index in [0.29, 0.717) is 19.5 Å². The maximum absolute atomic E-state index is 12.9. The van der Waals surface area contributed by atoms with E-state index in [0.717, 1.165) is 22.3 Å². The first-order valence-electron chi connectivity index (χ1n) is 9.36. The molecule has 0 fully saturated rings. The van der Waals surface area contributed by atoms with Gasteiger partial charge in [-0.25, -0.2) is 0 Å². The van der Waals surface area contributed by atoms with Gasteiger partial charge in [-0.05, 0) is 22.3 Å². The van der Waals surface area contributed by atoms with E-state index in [4.69, 9.17) is 5.73 Å². The summed E-state index contributed by atoms with van der Waals surface area (Å²) in [6.45, 7) is 0.792. The molecular formula is C24H24N2O2. The van der Waals surface area contributed by atoms with Crippen molar-refractivity contribution in [2.75, 3.05) is 6.54 Å². The fourth-order valence-corrected chi connectivity index (χ4v) is 3.07. The zero-order chi connectivity index (χ0) is 19.8. The summed E-state index contributed by atoms with van der Waals surface area (Å²) in [7, 11) is 0. The Morgan fingerprint density at radius 1 is 0.714 bits per heavy atom. The lowest BCUT2D eigenvalue weighted by Gasteiger charge is -2.22. The lowest BCUT2D eigenvalue weighted by Crippen LogP contribution is -2.34. The predicted molar refractivity (Wildman–Crippen MR) is 111 cm³/mol. The molecule has 142 valence electrons. The first-order chi connectivity index (χ1) is 13.6. The summed E-state index contributed by atoms with van der Waals surface area (Å²) >= 11 is 0. The van der Waals surface area contributed by atoms with Gasteiger partial charge in [0.05, 0.1) is 6.42 Å². The molecule has 0 saturated carbocycles. The van der Waals surface area contributed by atoms with Crippen LogP contribution in [-0.4, -0.2) is 23.3 Å². The molecule has 0 heterocycles. The van der Waals surface area contributed by atoms with Crippen LogP contribution in [0.4, 0.5) is 0 Å². The van der Waals surface area contributed by atoms with Crippen LogP contribution in [0, 0.1) is 0 Å². The molecule has 0 aliphatic heterocycles. The maximum atomic E-state index is 12.9. The molecule has 2 amide bonds. The fourth-order valence-electron chi connectivity index (χ4n) is 3.07. The van der Waals surface area contributed by atoms with E-state index in [2.05, 4.69) is 12.1 Å². The Bertz CT molecular complexity index is 906. The molecule has 0 bridgehead atoms. The molecule has 0 radical (unpaired) electrons. The number of nitrogens with zero attached hydrogens (tertiary/aromatic N) is 1. The van der Waals surface area contributed by atoms with Gasteiger partial charge in [-0.3, -0.25) is 9.59 Å². The number of carbonyl (C=O) groups excluding carboxylic acids is 2. The second-order valence-electron chi connectivity index (χ2n) is 6.76. The molecule has 3 rings (SSSR count). The van der Waals surface area contributed by atoms with Crippen molar-refractivity contribution in [3.05, 3.63) is 96.1 Å². The van der Waals surface area contributed by atoms with Crippen molar-refractivity contribution >= 4 is 11.8 Å². The number of nitrogens with two attached hydrogens (primary N) is 1. The van der Waals surface area contributed by atoms with E-state index in [-0.39, 0.29) is 12.3 Å². The van der Waals surface area contributed by atoms with Crippen LogP contribution in [0.5, 0.6) is 0 Å². The molecule has 0 aromatic heterocycles. The van der Waals surface area contributed by atoms with E-state index in [9.17, 15) is 9.59 Å². The first-order valence-corrected chi connectivity index (χ1v) is 9.36. The molecule has 0 atom stereocenters. The quantitative estimate of drug-likeness (QED) is 0.654. The van der Waals surface area contributed by atoms with E-state index in [1.165, 1.54) is 0 Å². The third-order valence-electron chi connectivity index (χ3n) is 4.61. The molecule has 0 spiro atoms. The smallest absolute Gasteiger partial charge is 0.227 e. The summed E-state index contributed by atoms with van der Waals surface area (Å²) in [6, 6.07) is 27.9.